The molecule has 3 rings (SSSR count). The topological polar surface area (TPSA) is 90.6 Å². The number of hydrogen-bond donors (Lipinski definition) is 3. The van der Waals surface area contributed by atoms with Crippen LogP contribution < -0.4 is 10.9 Å². The van der Waals surface area contributed by atoms with E-state index in [4.69, 9.17) is 0 Å². The normalized spacial score (nSPS) is 11.6. The van der Waals surface area contributed by atoms with E-state index < -0.39 is 0 Å². The van der Waals surface area contributed by atoms with Crippen molar-refractivity contribution in [3.05, 3.63) is 52.4 Å². The van der Waals surface area contributed by atoms with Crippen LogP contribution in [0.2, 0.25) is 0 Å². The summed E-state index contributed by atoms with van der Waals surface area (Å²) in [5, 5.41) is 2.73. The lowest BCUT2D eigenvalue weighted by molar-refractivity contribution is -0.109. The quantitative estimate of drug-likeness (QED) is 0.629. The number of carbonyl (C=O) groups excluding carboxylic acids is 1. The summed E-state index contributed by atoms with van der Waals surface area (Å²) in [5.74, 6) is 0.706. The van der Waals surface area contributed by atoms with Gasteiger partial charge >= 0.3 is 0 Å². The average molecular weight is 310 g/mol. The molecule has 0 fully saturated rings. The van der Waals surface area contributed by atoms with Crippen molar-refractivity contribution < 1.29 is 4.79 Å². The zero-order valence-corrected chi connectivity index (χ0v) is 13.0. The smallest absolute Gasteiger partial charge is 0.247 e. The second-order valence-corrected chi connectivity index (χ2v) is 6.14. The molecule has 1 aromatic carbocycles. The predicted molar refractivity (Wildman–Crippen MR) is 89.2 cm³/mol. The van der Waals surface area contributed by atoms with Crippen LogP contribution in [0.3, 0.4) is 0 Å². The Kier molecular flexibility index (Phi) is 3.73. The lowest BCUT2D eigenvalue weighted by Crippen LogP contribution is -2.32. The van der Waals surface area contributed by atoms with E-state index in [2.05, 4.69) is 34.1 Å². The molecule has 0 aliphatic rings. The van der Waals surface area contributed by atoms with E-state index in [0.717, 1.165) is 22.2 Å². The van der Waals surface area contributed by atoms with Crippen molar-refractivity contribution in [2.75, 3.05) is 6.54 Å². The Morgan fingerprint density at radius 3 is 2.78 bits per heavy atom. The summed E-state index contributed by atoms with van der Waals surface area (Å²) in [6.45, 7) is 4.71. The number of imidazole rings is 1. The molecule has 23 heavy (non-hydrogen) atoms. The molecule has 0 aliphatic carbocycles. The molecule has 0 radical (unpaired) electrons. The molecular formula is C17H18N4O2. The van der Waals surface area contributed by atoms with Crippen molar-refractivity contribution in [1.82, 2.24) is 20.3 Å². The highest BCUT2D eigenvalue weighted by atomic mass is 16.1. The van der Waals surface area contributed by atoms with Gasteiger partial charge in [-0.3, -0.25) is 9.59 Å². The zero-order chi connectivity index (χ0) is 16.4. The van der Waals surface area contributed by atoms with Gasteiger partial charge in [-0.1, -0.05) is 19.9 Å². The fourth-order valence-corrected chi connectivity index (χ4v) is 2.52. The molecule has 0 aliphatic heterocycles. The summed E-state index contributed by atoms with van der Waals surface area (Å²) < 4.78 is 0. The van der Waals surface area contributed by atoms with Crippen LogP contribution in [0.5, 0.6) is 0 Å². The van der Waals surface area contributed by atoms with E-state index in [9.17, 15) is 9.59 Å². The van der Waals surface area contributed by atoms with Gasteiger partial charge < -0.3 is 15.3 Å². The van der Waals surface area contributed by atoms with Crippen LogP contribution in [0.1, 0.15) is 19.4 Å². The number of rotatable bonds is 5. The SMILES string of the molecule is CC(C)(CNC=O)c1ccc2nc(-c3ccc(=O)[nH]c3)[nH]c2c1. The number of aromatic nitrogens is 3. The Balaban J connectivity index is 1.99. The van der Waals surface area contributed by atoms with Gasteiger partial charge in [-0.15, -0.1) is 0 Å². The third-order valence-corrected chi connectivity index (χ3v) is 3.95. The van der Waals surface area contributed by atoms with Crippen LogP contribution in [0, 0.1) is 0 Å². The third kappa shape index (κ3) is 3.01. The maximum atomic E-state index is 11.1. The minimum absolute atomic E-state index is 0.142. The number of carbonyl (C=O) groups is 1. The van der Waals surface area contributed by atoms with Gasteiger partial charge in [0, 0.05) is 29.8 Å². The first-order valence-electron chi connectivity index (χ1n) is 7.36. The molecule has 0 spiro atoms. The molecule has 1 amide bonds. The molecule has 6 nitrogen and oxygen atoms in total. The Morgan fingerprint density at radius 1 is 1.26 bits per heavy atom. The Hall–Kier alpha value is -2.89. The molecule has 6 heteroatoms. The van der Waals surface area contributed by atoms with Crippen molar-refractivity contribution in [2.45, 2.75) is 19.3 Å². The molecular weight excluding hydrogens is 292 g/mol. The van der Waals surface area contributed by atoms with Gasteiger partial charge in [-0.05, 0) is 23.8 Å². The van der Waals surface area contributed by atoms with Gasteiger partial charge in [0.05, 0.1) is 11.0 Å². The molecule has 0 unspecified atom stereocenters. The van der Waals surface area contributed by atoms with E-state index in [1.807, 2.05) is 18.2 Å². The summed E-state index contributed by atoms with van der Waals surface area (Å²) in [5.41, 5.74) is 3.38. The number of amides is 1. The average Bonchev–Trinajstić information content (AvgIpc) is 2.96. The highest BCUT2D eigenvalue weighted by molar-refractivity contribution is 5.80. The first kappa shape index (κ1) is 15.0. The van der Waals surface area contributed by atoms with Crippen LogP contribution in [0.15, 0.2) is 41.3 Å². The number of fused-ring (bicyclic) bond motifs is 1. The summed E-state index contributed by atoms with van der Waals surface area (Å²) in [7, 11) is 0. The van der Waals surface area contributed by atoms with Crippen LogP contribution >= 0.6 is 0 Å². The molecule has 3 aromatic rings. The summed E-state index contributed by atoms with van der Waals surface area (Å²) in [6.07, 6.45) is 2.35. The molecule has 118 valence electrons. The molecule has 2 aromatic heterocycles. The lowest BCUT2D eigenvalue weighted by Gasteiger charge is -2.24. The predicted octanol–water partition coefficient (Wildman–Crippen LogP) is 1.94. The highest BCUT2D eigenvalue weighted by Gasteiger charge is 2.21. The maximum absolute atomic E-state index is 11.1. The van der Waals surface area contributed by atoms with Crippen LogP contribution in [0.4, 0.5) is 0 Å². The number of H-pyrrole nitrogens is 2. The Labute approximate surface area is 133 Å². The van der Waals surface area contributed by atoms with Gasteiger partial charge in [0.15, 0.2) is 0 Å². The molecule has 0 saturated heterocycles. The monoisotopic (exact) mass is 310 g/mol. The number of aromatic amines is 2. The van der Waals surface area contributed by atoms with Crippen molar-refractivity contribution in [3.8, 4) is 11.4 Å². The molecule has 3 N–H and O–H groups in total. The standard InChI is InChI=1S/C17H18N4O2/c1-17(2,9-18-10-22)12-4-5-13-14(7-12)21-16(20-13)11-3-6-15(23)19-8-11/h3-8,10H,9H2,1-2H3,(H,18,22)(H,19,23)(H,20,21). The van der Waals surface area contributed by atoms with Gasteiger partial charge in [0.25, 0.3) is 0 Å². The van der Waals surface area contributed by atoms with E-state index in [1.54, 1.807) is 12.3 Å². The maximum Gasteiger partial charge on any atom is 0.247 e. The second-order valence-electron chi connectivity index (χ2n) is 6.14. The van der Waals surface area contributed by atoms with Crippen LogP contribution in [-0.2, 0) is 10.2 Å². The number of nitrogens with one attached hydrogen (secondary N) is 3. The van der Waals surface area contributed by atoms with Crippen molar-refractivity contribution in [1.29, 1.82) is 0 Å². The van der Waals surface area contributed by atoms with Crippen molar-refractivity contribution >= 4 is 17.4 Å². The number of pyridine rings is 1. The van der Waals surface area contributed by atoms with Gasteiger partial charge in [-0.25, -0.2) is 4.98 Å². The highest BCUT2D eigenvalue weighted by Crippen LogP contribution is 2.27. The fraction of sp³-hybridized carbons (Fsp3) is 0.235. The van der Waals surface area contributed by atoms with Crippen molar-refractivity contribution in [3.63, 3.8) is 0 Å². The van der Waals surface area contributed by atoms with E-state index in [0.29, 0.717) is 18.8 Å². The first-order valence-corrected chi connectivity index (χ1v) is 7.36. The third-order valence-electron chi connectivity index (χ3n) is 3.95. The number of benzene rings is 1. The minimum atomic E-state index is -0.182. The van der Waals surface area contributed by atoms with Gasteiger partial charge in [0.2, 0.25) is 12.0 Å². The van der Waals surface area contributed by atoms with Crippen LogP contribution in [0.25, 0.3) is 22.4 Å². The van der Waals surface area contributed by atoms with Crippen molar-refractivity contribution in [2.24, 2.45) is 0 Å². The largest absolute Gasteiger partial charge is 0.358 e. The van der Waals surface area contributed by atoms with Gasteiger partial charge in [-0.2, -0.15) is 0 Å². The summed E-state index contributed by atoms with van der Waals surface area (Å²) in [6, 6.07) is 9.23. The second kappa shape index (κ2) is 5.72. The van der Waals surface area contributed by atoms with E-state index in [1.165, 1.54) is 6.07 Å². The number of nitrogens with zero attached hydrogens (tertiary/aromatic N) is 1. The zero-order valence-electron chi connectivity index (χ0n) is 13.0. The van der Waals surface area contributed by atoms with Crippen LogP contribution in [-0.4, -0.2) is 27.9 Å². The lowest BCUT2D eigenvalue weighted by atomic mass is 9.84. The Morgan fingerprint density at radius 2 is 2.09 bits per heavy atom. The number of hydrogen-bond acceptors (Lipinski definition) is 3. The first-order chi connectivity index (χ1) is 11.0. The van der Waals surface area contributed by atoms with E-state index >= 15 is 0 Å². The molecule has 2 heterocycles. The molecule has 0 atom stereocenters. The Bertz CT molecular complexity index is 888. The van der Waals surface area contributed by atoms with Gasteiger partial charge in [0.1, 0.15) is 5.82 Å². The van der Waals surface area contributed by atoms with E-state index in [-0.39, 0.29) is 11.0 Å². The summed E-state index contributed by atoms with van der Waals surface area (Å²) >= 11 is 0. The molecule has 0 saturated carbocycles. The minimum Gasteiger partial charge on any atom is -0.358 e. The fourth-order valence-electron chi connectivity index (χ4n) is 2.52. The summed E-state index contributed by atoms with van der Waals surface area (Å²) in [4.78, 5) is 32.1. The molecule has 0 bridgehead atoms.